The van der Waals surface area contributed by atoms with Crippen molar-refractivity contribution in [3.05, 3.63) is 65.5 Å². The fourth-order valence-corrected chi connectivity index (χ4v) is 3.34. The van der Waals surface area contributed by atoms with Crippen LogP contribution < -0.4 is 20.7 Å². The van der Waals surface area contributed by atoms with Gasteiger partial charge in [-0.25, -0.2) is 18.4 Å². The molecule has 0 bridgehead atoms. The number of anilines is 4. The minimum absolute atomic E-state index is 0.0700. The first-order valence-electron chi connectivity index (χ1n) is 9.73. The Morgan fingerprint density at radius 2 is 1.85 bits per heavy atom. The third-order valence-corrected chi connectivity index (χ3v) is 5.88. The number of halogens is 3. The number of benzene rings is 1. The molecule has 0 saturated carbocycles. The summed E-state index contributed by atoms with van der Waals surface area (Å²) >= 11 is 0. The molecule has 0 aliphatic rings. The predicted molar refractivity (Wildman–Crippen MR) is 121 cm³/mol. The minimum atomic E-state index is -4.74. The van der Waals surface area contributed by atoms with Gasteiger partial charge in [-0.2, -0.15) is 18.2 Å². The number of sulfonamides is 1. The highest BCUT2D eigenvalue weighted by atomic mass is 32.2. The number of nitrogens with two attached hydrogens (primary N) is 1. The first kappa shape index (κ1) is 25.1. The summed E-state index contributed by atoms with van der Waals surface area (Å²) in [5.74, 6) is -0.548. The van der Waals surface area contributed by atoms with E-state index in [-0.39, 0.29) is 18.3 Å². The minimum Gasteiger partial charge on any atom is -0.375 e. The molecule has 3 rings (SSSR count). The van der Waals surface area contributed by atoms with Gasteiger partial charge in [-0.3, -0.25) is 4.31 Å². The average Bonchev–Trinajstić information content (AvgIpc) is 2.76. The number of hydrogen-bond acceptors (Lipinski definition) is 9. The molecule has 0 amide bonds. The molecule has 182 valence electrons. The number of aliphatic hydroxyl groups excluding tert-OH is 1. The van der Waals surface area contributed by atoms with E-state index in [4.69, 9.17) is 5.73 Å². The van der Waals surface area contributed by atoms with Crippen molar-refractivity contribution in [2.24, 2.45) is 5.73 Å². The second-order valence-electron chi connectivity index (χ2n) is 7.22. The molecule has 3 aromatic rings. The highest BCUT2D eigenvalue weighted by Crippen LogP contribution is 2.34. The number of alkyl halides is 3. The van der Waals surface area contributed by atoms with E-state index in [9.17, 15) is 26.7 Å². The number of nitrogens with one attached hydrogen (secondary N) is 2. The van der Waals surface area contributed by atoms with Crippen LogP contribution in [0.1, 0.15) is 22.9 Å². The van der Waals surface area contributed by atoms with Crippen LogP contribution in [-0.4, -0.2) is 41.8 Å². The molecular weight excluding hydrogens is 475 g/mol. The number of aromatic nitrogens is 3. The normalized spacial score (nSPS) is 12.8. The SMILES string of the molecule is CN(c1ncccc1CNc1nc(Nc2ccc(C(N)O)cc2)ncc1C(F)(F)F)S(C)(=O)=O. The number of rotatable bonds is 8. The quantitative estimate of drug-likeness (QED) is 0.345. The largest absolute Gasteiger partial charge is 0.421 e. The Labute approximate surface area is 193 Å². The lowest BCUT2D eigenvalue weighted by molar-refractivity contribution is -0.137. The van der Waals surface area contributed by atoms with E-state index < -0.39 is 33.8 Å². The molecule has 14 heteroatoms. The highest BCUT2D eigenvalue weighted by Gasteiger charge is 2.35. The summed E-state index contributed by atoms with van der Waals surface area (Å²) in [5.41, 5.74) is 5.54. The molecule has 1 aromatic carbocycles. The molecule has 0 radical (unpaired) electrons. The Morgan fingerprint density at radius 3 is 2.44 bits per heavy atom. The van der Waals surface area contributed by atoms with Crippen LogP contribution in [0.5, 0.6) is 0 Å². The number of aliphatic hydroxyl groups is 1. The molecule has 0 aliphatic carbocycles. The van der Waals surface area contributed by atoms with Crippen LogP contribution in [0, 0.1) is 0 Å². The Kier molecular flexibility index (Phi) is 7.24. The van der Waals surface area contributed by atoms with Crippen LogP contribution in [-0.2, 0) is 22.7 Å². The van der Waals surface area contributed by atoms with Crippen molar-refractivity contribution in [2.75, 3.05) is 28.2 Å². The maximum Gasteiger partial charge on any atom is 0.421 e. The molecule has 5 N–H and O–H groups in total. The fourth-order valence-electron chi connectivity index (χ4n) is 2.86. The number of pyridine rings is 1. The summed E-state index contributed by atoms with van der Waals surface area (Å²) in [6, 6.07) is 9.27. The summed E-state index contributed by atoms with van der Waals surface area (Å²) in [6.07, 6.45) is -2.89. The average molecular weight is 498 g/mol. The van der Waals surface area contributed by atoms with E-state index in [1.165, 1.54) is 25.4 Å². The molecule has 0 spiro atoms. The Balaban J connectivity index is 1.89. The monoisotopic (exact) mass is 497 g/mol. The van der Waals surface area contributed by atoms with Gasteiger partial charge in [0.1, 0.15) is 23.4 Å². The number of hydrogen-bond donors (Lipinski definition) is 4. The van der Waals surface area contributed by atoms with Crippen molar-refractivity contribution in [3.63, 3.8) is 0 Å². The first-order chi connectivity index (χ1) is 15.9. The van der Waals surface area contributed by atoms with Crippen LogP contribution in [0.25, 0.3) is 0 Å². The van der Waals surface area contributed by atoms with E-state index >= 15 is 0 Å². The lowest BCUT2D eigenvalue weighted by atomic mass is 10.2. The van der Waals surface area contributed by atoms with Crippen LogP contribution >= 0.6 is 0 Å². The lowest BCUT2D eigenvalue weighted by Crippen LogP contribution is -2.27. The molecule has 0 aliphatic heterocycles. The maximum absolute atomic E-state index is 13.5. The van der Waals surface area contributed by atoms with E-state index in [0.717, 1.165) is 10.6 Å². The second kappa shape index (κ2) is 9.79. The van der Waals surface area contributed by atoms with Gasteiger partial charge in [0, 0.05) is 37.2 Å². The van der Waals surface area contributed by atoms with E-state index in [0.29, 0.717) is 23.0 Å². The van der Waals surface area contributed by atoms with Gasteiger partial charge >= 0.3 is 6.18 Å². The first-order valence-corrected chi connectivity index (χ1v) is 11.6. The van der Waals surface area contributed by atoms with E-state index in [1.807, 2.05) is 0 Å². The smallest absolute Gasteiger partial charge is 0.375 e. The van der Waals surface area contributed by atoms with Gasteiger partial charge < -0.3 is 21.5 Å². The van der Waals surface area contributed by atoms with Crippen LogP contribution in [0.4, 0.5) is 36.4 Å². The Bertz CT molecular complexity index is 1250. The Morgan fingerprint density at radius 1 is 1.18 bits per heavy atom. The van der Waals surface area contributed by atoms with Crippen molar-refractivity contribution >= 4 is 33.3 Å². The van der Waals surface area contributed by atoms with Gasteiger partial charge in [0.15, 0.2) is 0 Å². The van der Waals surface area contributed by atoms with Gasteiger partial charge in [0.05, 0.1) is 6.26 Å². The zero-order valence-corrected chi connectivity index (χ0v) is 18.9. The summed E-state index contributed by atoms with van der Waals surface area (Å²) in [7, 11) is -2.34. The van der Waals surface area contributed by atoms with Crippen molar-refractivity contribution in [2.45, 2.75) is 18.9 Å². The van der Waals surface area contributed by atoms with Crippen LogP contribution in [0.3, 0.4) is 0 Å². The zero-order valence-electron chi connectivity index (χ0n) is 18.1. The topological polar surface area (TPSA) is 146 Å². The molecule has 0 fully saturated rings. The second-order valence-corrected chi connectivity index (χ2v) is 9.23. The molecule has 0 saturated heterocycles. The van der Waals surface area contributed by atoms with Gasteiger partial charge in [-0.15, -0.1) is 0 Å². The summed E-state index contributed by atoms with van der Waals surface area (Å²) in [4.78, 5) is 11.7. The van der Waals surface area contributed by atoms with Crippen molar-refractivity contribution in [3.8, 4) is 0 Å². The highest BCUT2D eigenvalue weighted by molar-refractivity contribution is 7.92. The molecule has 2 heterocycles. The molecule has 1 atom stereocenters. The lowest BCUT2D eigenvalue weighted by Gasteiger charge is -2.20. The van der Waals surface area contributed by atoms with Gasteiger partial charge in [-0.05, 0) is 23.8 Å². The molecule has 1 unspecified atom stereocenters. The number of nitrogens with zero attached hydrogens (tertiary/aromatic N) is 4. The van der Waals surface area contributed by atoms with Gasteiger partial charge in [0.2, 0.25) is 16.0 Å². The fraction of sp³-hybridized carbons (Fsp3) is 0.250. The van der Waals surface area contributed by atoms with Gasteiger partial charge in [-0.1, -0.05) is 18.2 Å². The molecule has 34 heavy (non-hydrogen) atoms. The zero-order chi connectivity index (χ0) is 25.1. The summed E-state index contributed by atoms with van der Waals surface area (Å²) in [5, 5.41) is 14.8. The standard InChI is InChI=1S/C20H22F3N7O3S/c1-30(34(2,32)33)18-13(4-3-9-25-18)10-26-17-15(20(21,22)23)11-27-19(29-17)28-14-7-5-12(6-8-14)16(24)31/h3-9,11,16,31H,10,24H2,1-2H3,(H2,26,27,28,29). The van der Waals surface area contributed by atoms with Crippen LogP contribution in [0.2, 0.25) is 0 Å². The van der Waals surface area contributed by atoms with Crippen LogP contribution in [0.15, 0.2) is 48.8 Å². The van der Waals surface area contributed by atoms with Crippen molar-refractivity contribution in [1.29, 1.82) is 0 Å². The van der Waals surface area contributed by atoms with Crippen molar-refractivity contribution in [1.82, 2.24) is 15.0 Å². The summed E-state index contributed by atoms with van der Waals surface area (Å²) < 4.78 is 65.3. The maximum atomic E-state index is 13.5. The predicted octanol–water partition coefficient (Wildman–Crippen LogP) is 2.59. The third-order valence-electron chi connectivity index (χ3n) is 4.71. The molecule has 2 aromatic heterocycles. The van der Waals surface area contributed by atoms with E-state index in [1.54, 1.807) is 24.3 Å². The third kappa shape index (κ3) is 6.09. The summed E-state index contributed by atoms with van der Waals surface area (Å²) in [6.45, 7) is -0.189. The Hall–Kier alpha value is -3.49. The molecule has 10 nitrogen and oxygen atoms in total. The van der Waals surface area contributed by atoms with Crippen molar-refractivity contribution < 1.29 is 26.7 Å². The van der Waals surface area contributed by atoms with E-state index in [2.05, 4.69) is 25.6 Å². The van der Waals surface area contributed by atoms with Gasteiger partial charge in [0.25, 0.3) is 0 Å². The molecular formula is C20H22F3N7O3S.